The highest BCUT2D eigenvalue weighted by Gasteiger charge is 2.29. The fourth-order valence-corrected chi connectivity index (χ4v) is 1.18. The second-order valence-corrected chi connectivity index (χ2v) is 3.89. The summed E-state index contributed by atoms with van der Waals surface area (Å²) in [5.41, 5.74) is 0. The third kappa shape index (κ3) is 4.49. The van der Waals surface area contributed by atoms with Crippen molar-refractivity contribution in [1.29, 1.82) is 0 Å². The van der Waals surface area contributed by atoms with Crippen LogP contribution in [0.3, 0.4) is 0 Å². The number of nitrogens with zero attached hydrogens (tertiary/aromatic N) is 2. The Morgan fingerprint density at radius 3 is 2.33 bits per heavy atom. The Labute approximate surface area is 89.0 Å². The van der Waals surface area contributed by atoms with Crippen molar-refractivity contribution in [1.82, 2.24) is 9.78 Å². The molecule has 10 heteroatoms. The van der Waals surface area contributed by atoms with Crippen molar-refractivity contribution in [3.05, 3.63) is 12.4 Å². The molecule has 15 heavy (non-hydrogen) atoms. The van der Waals surface area contributed by atoms with Crippen molar-refractivity contribution in [2.45, 2.75) is 17.6 Å². The lowest BCUT2D eigenvalue weighted by Crippen LogP contribution is -2.17. The first kappa shape index (κ1) is 14.2. The van der Waals surface area contributed by atoms with Crippen LogP contribution in [0.4, 0.5) is 13.2 Å². The van der Waals surface area contributed by atoms with E-state index in [1.54, 1.807) is 0 Å². The van der Waals surface area contributed by atoms with Crippen LogP contribution in [-0.4, -0.2) is 28.9 Å². The predicted octanol–water partition coefficient (Wildman–Crippen LogP) is 1.11. The second-order valence-electron chi connectivity index (χ2n) is 2.46. The summed E-state index contributed by atoms with van der Waals surface area (Å²) in [6, 6.07) is 0. The van der Waals surface area contributed by atoms with Gasteiger partial charge >= 0.3 is 6.18 Å². The Morgan fingerprint density at radius 2 is 2.00 bits per heavy atom. The van der Waals surface area contributed by atoms with E-state index in [4.69, 9.17) is 4.55 Å². The molecule has 0 saturated carbocycles. The van der Waals surface area contributed by atoms with E-state index in [9.17, 15) is 21.6 Å². The van der Waals surface area contributed by atoms with E-state index in [0.29, 0.717) is 17.1 Å². The highest BCUT2D eigenvalue weighted by molar-refractivity contribution is 7.85. The molecule has 0 fully saturated rings. The van der Waals surface area contributed by atoms with Gasteiger partial charge in [0, 0.05) is 6.20 Å². The number of aromatic nitrogens is 2. The van der Waals surface area contributed by atoms with Crippen LogP contribution < -0.4 is 0 Å². The van der Waals surface area contributed by atoms with E-state index in [2.05, 4.69) is 5.10 Å². The molecule has 0 aliphatic carbocycles. The summed E-state index contributed by atoms with van der Waals surface area (Å²) in [5, 5.41) is 3.13. The fourth-order valence-electron chi connectivity index (χ4n) is 0.748. The summed E-state index contributed by atoms with van der Waals surface area (Å²) in [6.45, 7) is -1.40. The lowest BCUT2D eigenvalue weighted by molar-refractivity contribution is -0.142. The Kier molecular flexibility index (Phi) is 4.14. The quantitative estimate of drug-likeness (QED) is 0.814. The minimum atomic E-state index is -4.49. The van der Waals surface area contributed by atoms with E-state index >= 15 is 0 Å². The Morgan fingerprint density at radius 1 is 1.47 bits per heavy atom. The molecule has 0 spiro atoms. The summed E-state index contributed by atoms with van der Waals surface area (Å²) in [7, 11) is -4.49. The summed E-state index contributed by atoms with van der Waals surface area (Å²) in [4.78, 5) is -0.665. The molecule has 1 heterocycles. The zero-order valence-electron chi connectivity index (χ0n) is 6.97. The van der Waals surface area contributed by atoms with Crippen LogP contribution in [0, 0.1) is 0 Å². The maximum Gasteiger partial charge on any atom is 0.408 e. The highest BCUT2D eigenvalue weighted by Crippen LogP contribution is 2.17. The molecular weight excluding hydrogens is 261 g/mol. The maximum absolute atomic E-state index is 11.8. The number of hydrogen-bond acceptors (Lipinski definition) is 3. The van der Waals surface area contributed by atoms with Gasteiger partial charge in [0.25, 0.3) is 10.1 Å². The van der Waals surface area contributed by atoms with Gasteiger partial charge in [-0.15, -0.1) is 12.4 Å². The first-order valence-electron chi connectivity index (χ1n) is 3.25. The molecular formula is C5H6ClF3N2O3S. The number of rotatable bonds is 2. The summed E-state index contributed by atoms with van der Waals surface area (Å²) >= 11 is 0. The standard InChI is InChI=1S/C5H5F3N2O3S.ClH/c6-5(7,8)3-10-2-4(1-9-10)14(11,12)13;/h1-2H,3H2,(H,11,12,13);1H. The van der Waals surface area contributed by atoms with Gasteiger partial charge in [0.15, 0.2) is 0 Å². The van der Waals surface area contributed by atoms with Crippen molar-refractivity contribution < 1.29 is 26.1 Å². The number of alkyl halides is 3. The van der Waals surface area contributed by atoms with Crippen LogP contribution in [0.2, 0.25) is 0 Å². The molecule has 1 rings (SSSR count). The summed E-state index contributed by atoms with van der Waals surface area (Å²) in [6.07, 6.45) is -3.24. The minimum absolute atomic E-state index is 0. The Balaban J connectivity index is 0.00000196. The average Bonchev–Trinajstić information content (AvgIpc) is 2.29. The van der Waals surface area contributed by atoms with E-state index < -0.39 is 27.7 Å². The molecule has 0 saturated heterocycles. The smallest absolute Gasteiger partial charge is 0.282 e. The van der Waals surface area contributed by atoms with E-state index in [0.717, 1.165) is 0 Å². The van der Waals surface area contributed by atoms with Crippen LogP contribution in [0.25, 0.3) is 0 Å². The third-order valence-corrected chi connectivity index (χ3v) is 2.06. The van der Waals surface area contributed by atoms with Crippen molar-refractivity contribution in [2.24, 2.45) is 0 Å². The van der Waals surface area contributed by atoms with Gasteiger partial charge in [0.05, 0.1) is 6.20 Å². The largest absolute Gasteiger partial charge is 0.408 e. The van der Waals surface area contributed by atoms with Gasteiger partial charge < -0.3 is 0 Å². The molecule has 0 radical (unpaired) electrons. The molecule has 0 aliphatic rings. The van der Waals surface area contributed by atoms with Gasteiger partial charge in [0.2, 0.25) is 0 Å². The van der Waals surface area contributed by atoms with Gasteiger partial charge in [-0.1, -0.05) is 0 Å². The molecule has 0 atom stereocenters. The van der Waals surface area contributed by atoms with Crippen LogP contribution in [0.5, 0.6) is 0 Å². The number of hydrogen-bond donors (Lipinski definition) is 1. The van der Waals surface area contributed by atoms with Crippen LogP contribution in [0.1, 0.15) is 0 Å². The SMILES string of the molecule is Cl.O=S(=O)(O)c1cnn(CC(F)(F)F)c1. The van der Waals surface area contributed by atoms with Gasteiger partial charge in [0.1, 0.15) is 11.4 Å². The first-order valence-corrected chi connectivity index (χ1v) is 4.69. The molecule has 0 bridgehead atoms. The van der Waals surface area contributed by atoms with Gasteiger partial charge in [-0.3, -0.25) is 9.23 Å². The summed E-state index contributed by atoms with van der Waals surface area (Å²) < 4.78 is 65.0. The lowest BCUT2D eigenvalue weighted by atomic mass is 10.6. The van der Waals surface area contributed by atoms with Crippen LogP contribution in [-0.2, 0) is 16.7 Å². The molecule has 88 valence electrons. The fraction of sp³-hybridized carbons (Fsp3) is 0.400. The van der Waals surface area contributed by atoms with Gasteiger partial charge in [-0.25, -0.2) is 0 Å². The van der Waals surface area contributed by atoms with E-state index in [-0.39, 0.29) is 12.4 Å². The number of halogens is 4. The molecule has 0 aromatic carbocycles. The van der Waals surface area contributed by atoms with Crippen LogP contribution in [0.15, 0.2) is 17.3 Å². The third-order valence-electron chi connectivity index (χ3n) is 1.25. The van der Waals surface area contributed by atoms with Crippen molar-refractivity contribution >= 4 is 22.5 Å². The molecule has 1 N–H and O–H groups in total. The summed E-state index contributed by atoms with van der Waals surface area (Å²) in [5.74, 6) is 0. The first-order chi connectivity index (χ1) is 6.18. The Bertz CT molecular complexity index is 427. The van der Waals surface area contributed by atoms with E-state index in [1.165, 1.54) is 0 Å². The topological polar surface area (TPSA) is 72.2 Å². The zero-order chi connectivity index (χ0) is 11.0. The molecule has 1 aromatic heterocycles. The normalized spacial score (nSPS) is 12.3. The zero-order valence-corrected chi connectivity index (χ0v) is 8.60. The van der Waals surface area contributed by atoms with Crippen molar-refractivity contribution in [2.75, 3.05) is 0 Å². The average molecular weight is 267 g/mol. The molecule has 0 amide bonds. The molecule has 0 aliphatic heterocycles. The molecule has 0 unspecified atom stereocenters. The second kappa shape index (κ2) is 4.37. The highest BCUT2D eigenvalue weighted by atomic mass is 35.5. The lowest BCUT2D eigenvalue weighted by Gasteiger charge is -2.04. The molecule has 1 aromatic rings. The predicted molar refractivity (Wildman–Crippen MR) is 45.3 cm³/mol. The van der Waals surface area contributed by atoms with Crippen LogP contribution >= 0.6 is 12.4 Å². The van der Waals surface area contributed by atoms with Crippen molar-refractivity contribution in [3.8, 4) is 0 Å². The molecule has 5 nitrogen and oxygen atoms in total. The van der Waals surface area contributed by atoms with E-state index in [1.807, 2.05) is 0 Å². The van der Waals surface area contributed by atoms with Crippen molar-refractivity contribution in [3.63, 3.8) is 0 Å². The maximum atomic E-state index is 11.8. The Hall–Kier alpha value is -0.800. The minimum Gasteiger partial charge on any atom is -0.282 e. The monoisotopic (exact) mass is 266 g/mol. The van der Waals surface area contributed by atoms with Gasteiger partial charge in [-0.2, -0.15) is 26.7 Å². The van der Waals surface area contributed by atoms with Gasteiger partial charge in [-0.05, 0) is 0 Å².